The standard InChI is InChI=1S/C15H18BrN3S.ClH/c1-11-8-13(20-15(11)16)10-19-7-6-18-9-14(19)12-2-4-17-5-3-12;/h2-5,8,14,18H,6-7,9-10H2,1H3;1H. The van der Waals surface area contributed by atoms with Gasteiger partial charge in [-0.05, 0) is 52.2 Å². The maximum atomic E-state index is 4.12. The normalized spacial score (nSPS) is 19.2. The van der Waals surface area contributed by atoms with E-state index in [0.29, 0.717) is 6.04 Å². The van der Waals surface area contributed by atoms with Crippen molar-refractivity contribution in [2.24, 2.45) is 0 Å². The Bertz CT molecular complexity index is 556. The van der Waals surface area contributed by atoms with Crippen LogP contribution in [-0.2, 0) is 6.54 Å². The summed E-state index contributed by atoms with van der Waals surface area (Å²) in [6, 6.07) is 6.98. The number of piperazine rings is 1. The lowest BCUT2D eigenvalue weighted by molar-refractivity contribution is 0.155. The molecule has 1 fully saturated rings. The van der Waals surface area contributed by atoms with Crippen molar-refractivity contribution in [1.29, 1.82) is 0 Å². The van der Waals surface area contributed by atoms with Gasteiger partial charge in [-0.2, -0.15) is 0 Å². The number of halogens is 2. The predicted octanol–water partition coefficient (Wildman–Crippen LogP) is 3.78. The molecule has 1 N–H and O–H groups in total. The summed E-state index contributed by atoms with van der Waals surface area (Å²) in [5.41, 5.74) is 2.68. The summed E-state index contributed by atoms with van der Waals surface area (Å²) < 4.78 is 1.25. The minimum atomic E-state index is 0. The summed E-state index contributed by atoms with van der Waals surface area (Å²) >= 11 is 5.47. The molecule has 1 atom stereocenters. The molecule has 0 amide bonds. The maximum absolute atomic E-state index is 4.12. The van der Waals surface area contributed by atoms with Gasteiger partial charge in [0.15, 0.2) is 0 Å². The van der Waals surface area contributed by atoms with Crippen LogP contribution in [0, 0.1) is 6.92 Å². The molecule has 1 saturated heterocycles. The van der Waals surface area contributed by atoms with E-state index >= 15 is 0 Å². The second-order valence-electron chi connectivity index (χ2n) is 5.14. The Kier molecular flexibility index (Phi) is 6.20. The fourth-order valence-electron chi connectivity index (χ4n) is 2.65. The van der Waals surface area contributed by atoms with Gasteiger partial charge >= 0.3 is 0 Å². The first-order valence-corrected chi connectivity index (χ1v) is 8.44. The number of aromatic nitrogens is 1. The number of hydrogen-bond donors (Lipinski definition) is 1. The lowest BCUT2D eigenvalue weighted by Gasteiger charge is -2.36. The van der Waals surface area contributed by atoms with E-state index in [2.05, 4.69) is 56.3 Å². The Labute approximate surface area is 144 Å². The van der Waals surface area contributed by atoms with E-state index in [1.165, 1.54) is 19.8 Å². The zero-order valence-electron chi connectivity index (χ0n) is 11.9. The van der Waals surface area contributed by atoms with Crippen LogP contribution in [0.2, 0.25) is 0 Å². The van der Waals surface area contributed by atoms with Crippen molar-refractivity contribution in [3.63, 3.8) is 0 Å². The molecule has 3 heterocycles. The van der Waals surface area contributed by atoms with Gasteiger partial charge in [-0.3, -0.25) is 9.88 Å². The highest BCUT2D eigenvalue weighted by atomic mass is 79.9. The average Bonchev–Trinajstić information content (AvgIpc) is 2.79. The monoisotopic (exact) mass is 387 g/mol. The molecule has 6 heteroatoms. The molecule has 2 aromatic rings. The van der Waals surface area contributed by atoms with Crippen molar-refractivity contribution in [2.45, 2.75) is 19.5 Å². The van der Waals surface area contributed by atoms with Crippen molar-refractivity contribution < 1.29 is 0 Å². The first kappa shape index (κ1) is 16.9. The number of hydrogen-bond acceptors (Lipinski definition) is 4. The van der Waals surface area contributed by atoms with Gasteiger partial charge in [0.1, 0.15) is 0 Å². The summed E-state index contributed by atoms with van der Waals surface area (Å²) in [5, 5.41) is 3.50. The lowest BCUT2D eigenvalue weighted by atomic mass is 10.0. The van der Waals surface area contributed by atoms with Crippen LogP contribution in [0.3, 0.4) is 0 Å². The number of aryl methyl sites for hydroxylation is 1. The molecule has 0 aliphatic carbocycles. The van der Waals surface area contributed by atoms with E-state index in [-0.39, 0.29) is 12.4 Å². The summed E-state index contributed by atoms with van der Waals surface area (Å²) in [6.45, 7) is 6.33. The Balaban J connectivity index is 0.00000161. The molecule has 0 aromatic carbocycles. The van der Waals surface area contributed by atoms with E-state index < -0.39 is 0 Å². The summed E-state index contributed by atoms with van der Waals surface area (Å²) in [5.74, 6) is 0. The van der Waals surface area contributed by atoms with Gasteiger partial charge in [0.05, 0.1) is 3.79 Å². The topological polar surface area (TPSA) is 28.2 Å². The Hall–Kier alpha value is -0.460. The van der Waals surface area contributed by atoms with Gasteiger partial charge in [0.25, 0.3) is 0 Å². The number of rotatable bonds is 3. The van der Waals surface area contributed by atoms with Crippen LogP contribution in [0.5, 0.6) is 0 Å². The van der Waals surface area contributed by atoms with Gasteiger partial charge in [0.2, 0.25) is 0 Å². The molecule has 1 aliphatic rings. The minimum absolute atomic E-state index is 0. The first-order valence-electron chi connectivity index (χ1n) is 6.83. The van der Waals surface area contributed by atoms with E-state index in [4.69, 9.17) is 0 Å². The summed E-state index contributed by atoms with van der Waals surface area (Å²) in [4.78, 5) is 8.11. The zero-order chi connectivity index (χ0) is 13.9. The average molecular weight is 389 g/mol. The first-order chi connectivity index (χ1) is 9.74. The Morgan fingerprint density at radius 2 is 2.19 bits per heavy atom. The maximum Gasteiger partial charge on any atom is 0.0730 e. The lowest BCUT2D eigenvalue weighted by Crippen LogP contribution is -2.45. The fraction of sp³-hybridized carbons (Fsp3) is 0.400. The molecule has 114 valence electrons. The molecule has 21 heavy (non-hydrogen) atoms. The van der Waals surface area contributed by atoms with Gasteiger partial charge in [0, 0.05) is 49.5 Å². The van der Waals surface area contributed by atoms with Crippen LogP contribution < -0.4 is 5.32 Å². The Morgan fingerprint density at radius 1 is 1.43 bits per heavy atom. The third-order valence-corrected chi connectivity index (χ3v) is 5.83. The van der Waals surface area contributed by atoms with E-state index in [1.54, 1.807) is 0 Å². The third-order valence-electron chi connectivity index (χ3n) is 3.71. The number of nitrogens with zero attached hydrogens (tertiary/aromatic N) is 2. The van der Waals surface area contributed by atoms with Crippen molar-refractivity contribution in [2.75, 3.05) is 19.6 Å². The highest BCUT2D eigenvalue weighted by molar-refractivity contribution is 9.11. The summed E-state index contributed by atoms with van der Waals surface area (Å²) in [7, 11) is 0. The molecule has 0 saturated carbocycles. The second kappa shape index (κ2) is 7.70. The van der Waals surface area contributed by atoms with Crippen LogP contribution in [0.15, 0.2) is 34.4 Å². The van der Waals surface area contributed by atoms with Crippen molar-refractivity contribution in [3.8, 4) is 0 Å². The number of pyridine rings is 1. The van der Waals surface area contributed by atoms with Crippen molar-refractivity contribution in [1.82, 2.24) is 15.2 Å². The largest absolute Gasteiger partial charge is 0.314 e. The smallest absolute Gasteiger partial charge is 0.0730 e. The third kappa shape index (κ3) is 4.05. The molecular formula is C15H19BrClN3S. The zero-order valence-corrected chi connectivity index (χ0v) is 15.1. The SMILES string of the molecule is Cc1cc(CN2CCNCC2c2ccncc2)sc1Br.Cl. The van der Waals surface area contributed by atoms with E-state index in [9.17, 15) is 0 Å². The highest BCUT2D eigenvalue weighted by Gasteiger charge is 2.24. The molecular weight excluding hydrogens is 370 g/mol. The van der Waals surface area contributed by atoms with Gasteiger partial charge in [-0.25, -0.2) is 0 Å². The van der Waals surface area contributed by atoms with Crippen LogP contribution in [0.25, 0.3) is 0 Å². The number of nitrogens with one attached hydrogen (secondary N) is 1. The molecule has 0 radical (unpaired) electrons. The van der Waals surface area contributed by atoms with Gasteiger partial charge < -0.3 is 5.32 Å². The van der Waals surface area contributed by atoms with Crippen LogP contribution >= 0.6 is 39.7 Å². The van der Waals surface area contributed by atoms with E-state index in [1.807, 2.05) is 23.7 Å². The summed E-state index contributed by atoms with van der Waals surface area (Å²) in [6.07, 6.45) is 3.77. The molecule has 3 nitrogen and oxygen atoms in total. The van der Waals surface area contributed by atoms with Gasteiger partial charge in [-0.15, -0.1) is 23.7 Å². The van der Waals surface area contributed by atoms with Crippen LogP contribution in [-0.4, -0.2) is 29.5 Å². The van der Waals surface area contributed by atoms with Crippen LogP contribution in [0.1, 0.15) is 22.0 Å². The quantitative estimate of drug-likeness (QED) is 0.867. The highest BCUT2D eigenvalue weighted by Crippen LogP contribution is 2.31. The van der Waals surface area contributed by atoms with Crippen molar-refractivity contribution >= 4 is 39.7 Å². The molecule has 0 spiro atoms. The van der Waals surface area contributed by atoms with Crippen molar-refractivity contribution in [3.05, 3.63) is 50.4 Å². The minimum Gasteiger partial charge on any atom is -0.314 e. The molecule has 1 unspecified atom stereocenters. The fourth-order valence-corrected chi connectivity index (χ4v) is 4.31. The number of thiophene rings is 1. The molecule has 0 bridgehead atoms. The van der Waals surface area contributed by atoms with Crippen LogP contribution in [0.4, 0.5) is 0 Å². The molecule has 2 aromatic heterocycles. The second-order valence-corrected chi connectivity index (χ2v) is 7.60. The van der Waals surface area contributed by atoms with E-state index in [0.717, 1.165) is 26.2 Å². The molecule has 3 rings (SSSR count). The predicted molar refractivity (Wildman–Crippen MR) is 94.3 cm³/mol. The molecule has 1 aliphatic heterocycles. The van der Waals surface area contributed by atoms with Gasteiger partial charge in [-0.1, -0.05) is 0 Å². The Morgan fingerprint density at radius 3 is 2.86 bits per heavy atom.